The van der Waals surface area contributed by atoms with E-state index in [0.717, 1.165) is 46.8 Å². The number of amides is 2. The van der Waals surface area contributed by atoms with Gasteiger partial charge in [0.05, 0.1) is 4.47 Å². The van der Waals surface area contributed by atoms with Crippen LogP contribution in [0.2, 0.25) is 0 Å². The third-order valence-electron chi connectivity index (χ3n) is 7.38. The predicted molar refractivity (Wildman–Crippen MR) is 160 cm³/mol. The summed E-state index contributed by atoms with van der Waals surface area (Å²) in [4.78, 5) is 29.4. The van der Waals surface area contributed by atoms with Crippen molar-refractivity contribution in [2.24, 2.45) is 0 Å². The van der Waals surface area contributed by atoms with Gasteiger partial charge in [0.25, 0.3) is 5.91 Å². The summed E-state index contributed by atoms with van der Waals surface area (Å²) in [6.45, 7) is 6.47. The number of nitrogens with zero attached hydrogens (tertiary/aromatic N) is 1. The lowest BCUT2D eigenvalue weighted by Crippen LogP contribution is -2.53. The molecule has 1 unspecified atom stereocenters. The van der Waals surface area contributed by atoms with E-state index in [1.54, 1.807) is 4.90 Å². The molecule has 1 N–H and O–H groups in total. The van der Waals surface area contributed by atoms with E-state index >= 15 is 0 Å². The van der Waals surface area contributed by atoms with E-state index in [1.807, 2.05) is 73.7 Å². The van der Waals surface area contributed by atoms with Crippen LogP contribution in [0.15, 0.2) is 77.3 Å². The minimum atomic E-state index is -0.656. The molecule has 5 nitrogen and oxygen atoms in total. The quantitative estimate of drug-likeness (QED) is 0.262. The number of ether oxygens (including phenoxy) is 1. The first-order valence-electron chi connectivity index (χ1n) is 13.9. The van der Waals surface area contributed by atoms with Crippen LogP contribution in [0.5, 0.6) is 5.75 Å². The Kier molecular flexibility index (Phi) is 10.2. The van der Waals surface area contributed by atoms with Crippen LogP contribution in [0.4, 0.5) is 0 Å². The predicted octanol–water partition coefficient (Wildman–Crippen LogP) is 6.96. The van der Waals surface area contributed by atoms with Crippen molar-refractivity contribution in [2.75, 3.05) is 6.61 Å². The van der Waals surface area contributed by atoms with Gasteiger partial charge in [-0.25, -0.2) is 0 Å². The van der Waals surface area contributed by atoms with E-state index in [-0.39, 0.29) is 24.5 Å². The first-order valence-corrected chi connectivity index (χ1v) is 14.7. The molecular weight excluding hydrogens is 552 g/mol. The summed E-state index contributed by atoms with van der Waals surface area (Å²) in [7, 11) is 0. The summed E-state index contributed by atoms with van der Waals surface area (Å²) < 4.78 is 6.83. The van der Waals surface area contributed by atoms with Crippen LogP contribution >= 0.6 is 15.9 Å². The van der Waals surface area contributed by atoms with E-state index in [2.05, 4.69) is 41.2 Å². The van der Waals surface area contributed by atoms with Crippen molar-refractivity contribution < 1.29 is 14.3 Å². The third kappa shape index (κ3) is 8.18. The smallest absolute Gasteiger partial charge is 0.261 e. The number of carbonyl (C=O) groups excluding carboxylic acids is 2. The molecule has 1 saturated carbocycles. The molecule has 0 spiro atoms. The van der Waals surface area contributed by atoms with Crippen LogP contribution in [0.3, 0.4) is 0 Å². The van der Waals surface area contributed by atoms with Gasteiger partial charge in [-0.05, 0) is 70.4 Å². The molecule has 1 atom stereocenters. The summed E-state index contributed by atoms with van der Waals surface area (Å²) in [5, 5.41) is 3.25. The van der Waals surface area contributed by atoms with Gasteiger partial charge < -0.3 is 15.0 Å². The van der Waals surface area contributed by atoms with Crippen molar-refractivity contribution >= 4 is 27.7 Å². The molecule has 2 amide bonds. The molecule has 0 radical (unpaired) electrons. The molecule has 206 valence electrons. The standard InChI is InChI=1S/C33H39BrN2O3/c1-23(2)27-16-17-31(29(34)20-27)39-22-32(37)36(21-26-13-9-10-24(3)18-26)30(19-25-11-5-4-6-12-25)33(38)35-28-14-7-8-15-28/h4-6,9-13,16-18,20,23,28,30H,7-8,14-15,19,21-22H2,1-3H3,(H,35,38). The number of hydrogen-bond acceptors (Lipinski definition) is 3. The highest BCUT2D eigenvalue weighted by Gasteiger charge is 2.32. The third-order valence-corrected chi connectivity index (χ3v) is 8.00. The van der Waals surface area contributed by atoms with Gasteiger partial charge in [-0.15, -0.1) is 0 Å². The van der Waals surface area contributed by atoms with Crippen LogP contribution in [-0.4, -0.2) is 35.4 Å². The number of aryl methyl sites for hydroxylation is 1. The van der Waals surface area contributed by atoms with Gasteiger partial charge in [0.1, 0.15) is 11.8 Å². The van der Waals surface area contributed by atoms with Gasteiger partial charge in [-0.2, -0.15) is 0 Å². The molecule has 0 saturated heterocycles. The highest BCUT2D eigenvalue weighted by molar-refractivity contribution is 9.10. The first-order chi connectivity index (χ1) is 18.8. The van der Waals surface area contributed by atoms with Crippen molar-refractivity contribution in [3.05, 3.63) is 99.5 Å². The molecule has 3 aromatic rings. The van der Waals surface area contributed by atoms with Crippen LogP contribution < -0.4 is 10.1 Å². The second kappa shape index (κ2) is 13.8. The second-order valence-corrected chi connectivity index (χ2v) is 11.7. The topological polar surface area (TPSA) is 58.6 Å². The lowest BCUT2D eigenvalue weighted by molar-refractivity contribution is -0.143. The molecule has 6 heteroatoms. The summed E-state index contributed by atoms with van der Waals surface area (Å²) >= 11 is 3.60. The second-order valence-electron chi connectivity index (χ2n) is 10.8. The minimum absolute atomic E-state index is 0.103. The number of hydrogen-bond donors (Lipinski definition) is 1. The van der Waals surface area contributed by atoms with Crippen LogP contribution in [-0.2, 0) is 22.6 Å². The Hall–Kier alpha value is -3.12. The molecular formula is C33H39BrN2O3. The fraction of sp³-hybridized carbons (Fsp3) is 0.394. The summed E-state index contributed by atoms with van der Waals surface area (Å²) in [6.07, 6.45) is 4.65. The van der Waals surface area contributed by atoms with Crippen molar-refractivity contribution in [3.8, 4) is 5.75 Å². The Bertz CT molecular complexity index is 1250. The zero-order chi connectivity index (χ0) is 27.8. The zero-order valence-electron chi connectivity index (χ0n) is 23.2. The maximum absolute atomic E-state index is 13.9. The molecule has 3 aromatic carbocycles. The fourth-order valence-corrected chi connectivity index (χ4v) is 5.66. The average Bonchev–Trinajstić information content (AvgIpc) is 3.43. The molecule has 0 aliphatic heterocycles. The Morgan fingerprint density at radius 1 is 0.974 bits per heavy atom. The number of carbonyl (C=O) groups is 2. The number of halogens is 1. The van der Waals surface area contributed by atoms with Crippen LogP contribution in [0.1, 0.15) is 67.7 Å². The number of benzene rings is 3. The Balaban J connectivity index is 1.61. The van der Waals surface area contributed by atoms with Crippen LogP contribution in [0.25, 0.3) is 0 Å². The van der Waals surface area contributed by atoms with E-state index in [0.29, 0.717) is 24.6 Å². The van der Waals surface area contributed by atoms with Crippen molar-refractivity contribution in [2.45, 2.75) is 77.4 Å². The van der Waals surface area contributed by atoms with Gasteiger partial charge in [0, 0.05) is 19.0 Å². The average molecular weight is 592 g/mol. The molecule has 0 aromatic heterocycles. The molecule has 1 aliphatic rings. The van der Waals surface area contributed by atoms with E-state index in [1.165, 1.54) is 5.56 Å². The lowest BCUT2D eigenvalue weighted by Gasteiger charge is -2.32. The van der Waals surface area contributed by atoms with Gasteiger partial charge in [-0.3, -0.25) is 9.59 Å². The minimum Gasteiger partial charge on any atom is -0.483 e. The maximum atomic E-state index is 13.9. The molecule has 1 aliphatic carbocycles. The summed E-state index contributed by atoms with van der Waals surface area (Å²) in [6, 6.07) is 23.5. The van der Waals surface area contributed by atoms with Gasteiger partial charge in [-0.1, -0.05) is 92.9 Å². The number of rotatable bonds is 11. The zero-order valence-corrected chi connectivity index (χ0v) is 24.7. The number of nitrogens with one attached hydrogen (secondary N) is 1. The van der Waals surface area contributed by atoms with Crippen molar-refractivity contribution in [1.82, 2.24) is 10.2 Å². The molecule has 0 bridgehead atoms. The summed E-state index contributed by atoms with van der Waals surface area (Å²) in [5.74, 6) is 0.672. The van der Waals surface area contributed by atoms with Crippen molar-refractivity contribution in [3.63, 3.8) is 0 Å². The molecule has 4 rings (SSSR count). The molecule has 1 fully saturated rings. The van der Waals surface area contributed by atoms with Gasteiger partial charge >= 0.3 is 0 Å². The monoisotopic (exact) mass is 590 g/mol. The SMILES string of the molecule is Cc1cccc(CN(C(=O)COc2ccc(C(C)C)cc2Br)C(Cc2ccccc2)C(=O)NC2CCCC2)c1. The summed E-state index contributed by atoms with van der Waals surface area (Å²) in [5.41, 5.74) is 4.30. The largest absolute Gasteiger partial charge is 0.483 e. The maximum Gasteiger partial charge on any atom is 0.261 e. The molecule has 39 heavy (non-hydrogen) atoms. The van der Waals surface area contributed by atoms with Crippen molar-refractivity contribution in [1.29, 1.82) is 0 Å². The molecule has 0 heterocycles. The normalized spacial score (nSPS) is 14.3. The Morgan fingerprint density at radius 3 is 2.36 bits per heavy atom. The van der Waals surface area contributed by atoms with Gasteiger partial charge in [0.15, 0.2) is 6.61 Å². The lowest BCUT2D eigenvalue weighted by atomic mass is 10.0. The van der Waals surface area contributed by atoms with Gasteiger partial charge in [0.2, 0.25) is 5.91 Å². The van der Waals surface area contributed by atoms with E-state index in [4.69, 9.17) is 4.74 Å². The fourth-order valence-electron chi connectivity index (χ4n) is 5.14. The van der Waals surface area contributed by atoms with E-state index in [9.17, 15) is 9.59 Å². The first kappa shape index (κ1) is 28.9. The van der Waals surface area contributed by atoms with E-state index < -0.39 is 6.04 Å². The highest BCUT2D eigenvalue weighted by atomic mass is 79.9. The van der Waals surface area contributed by atoms with Crippen LogP contribution in [0, 0.1) is 6.92 Å². The Labute approximate surface area is 241 Å². The Morgan fingerprint density at radius 2 is 1.69 bits per heavy atom. The highest BCUT2D eigenvalue weighted by Crippen LogP contribution is 2.29.